The van der Waals surface area contributed by atoms with Crippen LogP contribution in [0.3, 0.4) is 0 Å². The number of carboxylic acids is 1. The molecule has 0 amide bonds. The SMILES string of the molecule is O=C(O)c1c[nH]c2c(C3CC3)c(NCCO)c(F)cc2c1=O. The van der Waals surface area contributed by atoms with Crippen molar-refractivity contribution in [2.75, 3.05) is 18.5 Å². The molecule has 0 unspecified atom stereocenters. The molecule has 1 heterocycles. The normalized spacial score (nSPS) is 14.3. The van der Waals surface area contributed by atoms with Crippen molar-refractivity contribution in [3.8, 4) is 0 Å². The standard InChI is InChI=1S/C15H15FN2O4/c16-10-5-8-12(18-6-9(14(8)20)15(21)22)11(7-1-2-7)13(10)17-3-4-19/h5-7,17,19H,1-4H2,(H,18,20)(H,21,22). The number of aromatic carboxylic acids is 1. The summed E-state index contributed by atoms with van der Waals surface area (Å²) < 4.78 is 14.4. The average Bonchev–Trinajstić information content (AvgIpc) is 3.30. The summed E-state index contributed by atoms with van der Waals surface area (Å²) in [5, 5.41) is 20.8. The summed E-state index contributed by atoms with van der Waals surface area (Å²) in [6, 6.07) is 1.05. The van der Waals surface area contributed by atoms with Crippen LogP contribution in [0.4, 0.5) is 10.1 Å². The molecule has 0 saturated heterocycles. The van der Waals surface area contributed by atoms with Gasteiger partial charge in [0.05, 0.1) is 17.8 Å². The van der Waals surface area contributed by atoms with Crippen molar-refractivity contribution in [1.29, 1.82) is 0 Å². The third kappa shape index (κ3) is 2.33. The molecule has 1 saturated carbocycles. The first-order valence-corrected chi connectivity index (χ1v) is 7.00. The molecule has 1 aromatic heterocycles. The number of halogens is 1. The number of benzene rings is 1. The molecule has 22 heavy (non-hydrogen) atoms. The van der Waals surface area contributed by atoms with E-state index in [1.165, 1.54) is 0 Å². The van der Waals surface area contributed by atoms with Gasteiger partial charge in [0, 0.05) is 23.7 Å². The molecule has 1 aliphatic rings. The number of aliphatic hydroxyl groups is 1. The minimum Gasteiger partial charge on any atom is -0.477 e. The van der Waals surface area contributed by atoms with E-state index >= 15 is 0 Å². The molecule has 2 aromatic rings. The maximum atomic E-state index is 14.4. The van der Waals surface area contributed by atoms with Crippen LogP contribution in [-0.2, 0) is 0 Å². The minimum absolute atomic E-state index is 0.0360. The van der Waals surface area contributed by atoms with Gasteiger partial charge in [0.2, 0.25) is 5.43 Å². The van der Waals surface area contributed by atoms with Gasteiger partial charge in [0.1, 0.15) is 11.4 Å². The summed E-state index contributed by atoms with van der Waals surface area (Å²) in [4.78, 5) is 26.1. The monoisotopic (exact) mass is 306 g/mol. The number of fused-ring (bicyclic) bond motifs is 1. The maximum Gasteiger partial charge on any atom is 0.341 e. The van der Waals surface area contributed by atoms with Crippen molar-refractivity contribution >= 4 is 22.6 Å². The van der Waals surface area contributed by atoms with Crippen LogP contribution in [0.15, 0.2) is 17.1 Å². The van der Waals surface area contributed by atoms with Crippen LogP contribution in [0, 0.1) is 5.82 Å². The molecule has 0 radical (unpaired) electrons. The molecule has 1 aliphatic carbocycles. The summed E-state index contributed by atoms with van der Waals surface area (Å²) in [6.45, 7) is 0.0512. The lowest BCUT2D eigenvalue weighted by Crippen LogP contribution is -2.17. The number of carboxylic acid groups (broad SMARTS) is 1. The first kappa shape index (κ1) is 14.5. The summed E-state index contributed by atoms with van der Waals surface area (Å²) >= 11 is 0. The molecular weight excluding hydrogens is 291 g/mol. The van der Waals surface area contributed by atoms with E-state index in [0.717, 1.165) is 25.1 Å². The van der Waals surface area contributed by atoms with Crippen molar-refractivity contribution in [3.05, 3.63) is 39.4 Å². The van der Waals surface area contributed by atoms with E-state index < -0.39 is 22.8 Å². The van der Waals surface area contributed by atoms with Gasteiger partial charge in [-0.05, 0) is 24.8 Å². The number of nitrogens with one attached hydrogen (secondary N) is 2. The quantitative estimate of drug-likeness (QED) is 0.672. The van der Waals surface area contributed by atoms with Gasteiger partial charge < -0.3 is 20.5 Å². The van der Waals surface area contributed by atoms with Gasteiger partial charge in [-0.3, -0.25) is 4.79 Å². The van der Waals surface area contributed by atoms with Crippen molar-refractivity contribution in [2.45, 2.75) is 18.8 Å². The zero-order valence-corrected chi connectivity index (χ0v) is 11.6. The Morgan fingerprint density at radius 3 is 2.77 bits per heavy atom. The highest BCUT2D eigenvalue weighted by Gasteiger charge is 2.31. The zero-order chi connectivity index (χ0) is 15.9. The highest BCUT2D eigenvalue weighted by molar-refractivity contribution is 5.95. The summed E-state index contributed by atoms with van der Waals surface area (Å²) in [6.07, 6.45) is 2.91. The smallest absolute Gasteiger partial charge is 0.341 e. The van der Waals surface area contributed by atoms with Crippen LogP contribution in [0.2, 0.25) is 0 Å². The number of hydrogen-bond donors (Lipinski definition) is 4. The zero-order valence-electron chi connectivity index (χ0n) is 11.6. The van der Waals surface area contributed by atoms with E-state index in [9.17, 15) is 14.0 Å². The van der Waals surface area contributed by atoms with E-state index in [0.29, 0.717) is 11.1 Å². The van der Waals surface area contributed by atoms with Crippen molar-refractivity contribution in [3.63, 3.8) is 0 Å². The minimum atomic E-state index is -1.35. The molecule has 0 atom stereocenters. The highest BCUT2D eigenvalue weighted by atomic mass is 19.1. The second-order valence-corrected chi connectivity index (χ2v) is 5.33. The van der Waals surface area contributed by atoms with Crippen LogP contribution in [0.25, 0.3) is 10.9 Å². The molecule has 6 nitrogen and oxygen atoms in total. The van der Waals surface area contributed by atoms with Crippen molar-refractivity contribution < 1.29 is 19.4 Å². The Labute approximate surface area is 124 Å². The lowest BCUT2D eigenvalue weighted by molar-refractivity contribution is 0.0695. The molecule has 116 valence electrons. The third-order valence-electron chi connectivity index (χ3n) is 3.80. The molecule has 0 aliphatic heterocycles. The van der Waals surface area contributed by atoms with Crippen LogP contribution >= 0.6 is 0 Å². The Morgan fingerprint density at radius 2 is 2.18 bits per heavy atom. The largest absolute Gasteiger partial charge is 0.477 e. The first-order chi connectivity index (χ1) is 10.5. The van der Waals surface area contributed by atoms with Gasteiger partial charge in [0.25, 0.3) is 0 Å². The fraction of sp³-hybridized carbons (Fsp3) is 0.333. The number of anilines is 1. The Morgan fingerprint density at radius 1 is 1.45 bits per heavy atom. The summed E-state index contributed by atoms with van der Waals surface area (Å²) in [7, 11) is 0. The molecule has 0 spiro atoms. The van der Waals surface area contributed by atoms with E-state index in [-0.39, 0.29) is 30.1 Å². The molecule has 3 rings (SSSR count). The number of pyridine rings is 1. The molecule has 1 fully saturated rings. The molecule has 0 bridgehead atoms. The van der Waals surface area contributed by atoms with Crippen LogP contribution in [0.1, 0.15) is 34.7 Å². The van der Waals surface area contributed by atoms with Crippen LogP contribution in [-0.4, -0.2) is 34.3 Å². The fourth-order valence-corrected chi connectivity index (χ4v) is 2.66. The van der Waals surface area contributed by atoms with E-state index in [2.05, 4.69) is 10.3 Å². The maximum absolute atomic E-state index is 14.4. The lowest BCUT2D eigenvalue weighted by Gasteiger charge is -2.15. The molecular formula is C15H15FN2O4. The van der Waals surface area contributed by atoms with Gasteiger partial charge in [-0.1, -0.05) is 0 Å². The van der Waals surface area contributed by atoms with Crippen LogP contribution in [0.5, 0.6) is 0 Å². The Bertz CT molecular complexity index is 811. The van der Waals surface area contributed by atoms with E-state index in [1.54, 1.807) is 0 Å². The third-order valence-corrected chi connectivity index (χ3v) is 3.80. The predicted octanol–water partition coefficient (Wildman–Crippen LogP) is 1.65. The number of H-pyrrole nitrogens is 1. The van der Waals surface area contributed by atoms with Gasteiger partial charge in [-0.25, -0.2) is 9.18 Å². The molecule has 7 heteroatoms. The van der Waals surface area contributed by atoms with E-state index in [1.807, 2.05) is 0 Å². The van der Waals surface area contributed by atoms with Gasteiger partial charge >= 0.3 is 5.97 Å². The predicted molar refractivity (Wildman–Crippen MR) is 79.0 cm³/mol. The number of aromatic amines is 1. The average molecular weight is 306 g/mol. The number of aliphatic hydroxyl groups excluding tert-OH is 1. The number of aromatic nitrogens is 1. The summed E-state index contributed by atoms with van der Waals surface area (Å²) in [5.74, 6) is -1.83. The van der Waals surface area contributed by atoms with Gasteiger partial charge in [-0.2, -0.15) is 0 Å². The molecule has 1 aromatic carbocycles. The van der Waals surface area contributed by atoms with Crippen molar-refractivity contribution in [2.24, 2.45) is 0 Å². The number of rotatable bonds is 5. The second-order valence-electron chi connectivity index (χ2n) is 5.33. The van der Waals surface area contributed by atoms with Gasteiger partial charge in [-0.15, -0.1) is 0 Å². The Balaban J connectivity index is 2.29. The lowest BCUT2D eigenvalue weighted by atomic mass is 10.0. The highest BCUT2D eigenvalue weighted by Crippen LogP contribution is 2.46. The van der Waals surface area contributed by atoms with Crippen LogP contribution < -0.4 is 10.7 Å². The van der Waals surface area contributed by atoms with Gasteiger partial charge in [0.15, 0.2) is 0 Å². The topological polar surface area (TPSA) is 102 Å². The van der Waals surface area contributed by atoms with E-state index in [4.69, 9.17) is 10.2 Å². The summed E-state index contributed by atoms with van der Waals surface area (Å²) in [5.41, 5.74) is 0.264. The van der Waals surface area contributed by atoms with Crippen molar-refractivity contribution in [1.82, 2.24) is 4.98 Å². The number of carbonyl (C=O) groups is 1. The Kier molecular flexibility index (Phi) is 3.58. The molecule has 4 N–H and O–H groups in total. The Hall–Kier alpha value is -2.41. The first-order valence-electron chi connectivity index (χ1n) is 7.00. The second kappa shape index (κ2) is 5.42. The number of hydrogen-bond acceptors (Lipinski definition) is 4. The fourth-order valence-electron chi connectivity index (χ4n) is 2.66.